The van der Waals surface area contributed by atoms with Crippen LogP contribution in [-0.2, 0) is 0 Å². The summed E-state index contributed by atoms with van der Waals surface area (Å²) < 4.78 is 0. The molecule has 2 unspecified atom stereocenters. The summed E-state index contributed by atoms with van der Waals surface area (Å²) in [7, 11) is 2.08. The number of hydrogen-bond donors (Lipinski definition) is 1. The highest BCUT2D eigenvalue weighted by Gasteiger charge is 2.27. The molecule has 0 radical (unpaired) electrons. The zero-order chi connectivity index (χ0) is 7.56. The van der Waals surface area contributed by atoms with Gasteiger partial charge in [0.05, 0.1) is 6.10 Å². The van der Waals surface area contributed by atoms with Crippen molar-refractivity contribution in [3.8, 4) is 0 Å². The standard InChI is InChI=1S/C8H17NO/c1-3-9(2)7-5-4-6-8(7)10/h7-8,10H,3-6H2,1-2H3. The molecule has 1 fully saturated rings. The van der Waals surface area contributed by atoms with Crippen molar-refractivity contribution in [1.29, 1.82) is 0 Å². The zero-order valence-electron chi connectivity index (χ0n) is 6.88. The van der Waals surface area contributed by atoms with E-state index in [2.05, 4.69) is 18.9 Å². The van der Waals surface area contributed by atoms with Crippen molar-refractivity contribution in [1.82, 2.24) is 4.90 Å². The molecule has 0 aliphatic heterocycles. The number of rotatable bonds is 2. The smallest absolute Gasteiger partial charge is 0.0695 e. The Hall–Kier alpha value is -0.0800. The highest BCUT2D eigenvalue weighted by Crippen LogP contribution is 2.22. The summed E-state index contributed by atoms with van der Waals surface area (Å²) in [6.45, 7) is 3.17. The molecule has 0 aromatic carbocycles. The van der Waals surface area contributed by atoms with Crippen molar-refractivity contribution in [2.75, 3.05) is 13.6 Å². The summed E-state index contributed by atoms with van der Waals surface area (Å²) in [5.74, 6) is 0. The molecule has 0 aromatic rings. The molecule has 0 heterocycles. The first kappa shape index (κ1) is 8.02. The van der Waals surface area contributed by atoms with Gasteiger partial charge in [-0.1, -0.05) is 6.92 Å². The monoisotopic (exact) mass is 143 g/mol. The van der Waals surface area contributed by atoms with Crippen LogP contribution in [0.3, 0.4) is 0 Å². The van der Waals surface area contributed by atoms with Crippen molar-refractivity contribution in [2.45, 2.75) is 38.3 Å². The summed E-state index contributed by atoms with van der Waals surface area (Å²) >= 11 is 0. The second kappa shape index (κ2) is 3.35. The maximum atomic E-state index is 9.45. The molecule has 2 heteroatoms. The molecular weight excluding hydrogens is 126 g/mol. The molecule has 1 saturated carbocycles. The molecule has 60 valence electrons. The third kappa shape index (κ3) is 1.50. The number of nitrogens with zero attached hydrogens (tertiary/aromatic N) is 1. The van der Waals surface area contributed by atoms with Gasteiger partial charge in [-0.15, -0.1) is 0 Å². The van der Waals surface area contributed by atoms with Crippen LogP contribution >= 0.6 is 0 Å². The van der Waals surface area contributed by atoms with Gasteiger partial charge in [-0.05, 0) is 32.9 Å². The van der Waals surface area contributed by atoms with E-state index in [0.29, 0.717) is 6.04 Å². The molecule has 1 aliphatic rings. The third-order valence-corrected chi connectivity index (χ3v) is 2.51. The average Bonchev–Trinajstić information content (AvgIpc) is 2.34. The molecule has 0 saturated heterocycles. The van der Waals surface area contributed by atoms with Crippen molar-refractivity contribution in [3.63, 3.8) is 0 Å². The summed E-state index contributed by atoms with van der Waals surface area (Å²) in [5.41, 5.74) is 0. The van der Waals surface area contributed by atoms with E-state index >= 15 is 0 Å². The van der Waals surface area contributed by atoms with Gasteiger partial charge in [0.15, 0.2) is 0 Å². The van der Waals surface area contributed by atoms with Crippen molar-refractivity contribution in [3.05, 3.63) is 0 Å². The molecule has 1 N–H and O–H groups in total. The third-order valence-electron chi connectivity index (χ3n) is 2.51. The second-order valence-corrected chi connectivity index (χ2v) is 3.14. The Morgan fingerprint density at radius 3 is 2.60 bits per heavy atom. The van der Waals surface area contributed by atoms with Crippen molar-refractivity contribution < 1.29 is 5.11 Å². The van der Waals surface area contributed by atoms with Gasteiger partial charge in [-0.3, -0.25) is 0 Å². The Balaban J connectivity index is 2.38. The van der Waals surface area contributed by atoms with Crippen LogP contribution in [0.2, 0.25) is 0 Å². The minimum absolute atomic E-state index is 0.0649. The predicted octanol–water partition coefficient (Wildman–Crippen LogP) is 0.852. The molecule has 2 atom stereocenters. The van der Waals surface area contributed by atoms with Crippen LogP contribution < -0.4 is 0 Å². The van der Waals surface area contributed by atoms with E-state index in [9.17, 15) is 5.11 Å². The maximum absolute atomic E-state index is 9.45. The van der Waals surface area contributed by atoms with Crippen LogP contribution in [-0.4, -0.2) is 35.7 Å². The van der Waals surface area contributed by atoms with Crippen LogP contribution in [0.5, 0.6) is 0 Å². The number of hydrogen-bond acceptors (Lipinski definition) is 2. The van der Waals surface area contributed by atoms with Gasteiger partial charge in [0.25, 0.3) is 0 Å². The minimum atomic E-state index is -0.0649. The lowest BCUT2D eigenvalue weighted by Gasteiger charge is -2.25. The van der Waals surface area contributed by atoms with Crippen LogP contribution in [0.4, 0.5) is 0 Å². The van der Waals surface area contributed by atoms with E-state index in [1.807, 2.05) is 0 Å². The normalized spacial score (nSPS) is 33.6. The van der Waals surface area contributed by atoms with Crippen LogP contribution in [0, 0.1) is 0 Å². The van der Waals surface area contributed by atoms with Gasteiger partial charge in [0.2, 0.25) is 0 Å². The Morgan fingerprint density at radius 2 is 2.20 bits per heavy atom. The van der Waals surface area contributed by atoms with Crippen LogP contribution in [0.25, 0.3) is 0 Å². The maximum Gasteiger partial charge on any atom is 0.0695 e. The van der Waals surface area contributed by atoms with E-state index in [1.165, 1.54) is 12.8 Å². The fourth-order valence-corrected chi connectivity index (χ4v) is 1.67. The lowest BCUT2D eigenvalue weighted by Crippen LogP contribution is -2.37. The summed E-state index contributed by atoms with van der Waals surface area (Å²) in [5, 5.41) is 9.45. The lowest BCUT2D eigenvalue weighted by molar-refractivity contribution is 0.0894. The summed E-state index contributed by atoms with van der Waals surface area (Å²) in [6.07, 6.45) is 3.29. The topological polar surface area (TPSA) is 23.5 Å². The molecule has 0 amide bonds. The van der Waals surface area contributed by atoms with Crippen molar-refractivity contribution in [2.24, 2.45) is 0 Å². The van der Waals surface area contributed by atoms with E-state index < -0.39 is 0 Å². The quantitative estimate of drug-likeness (QED) is 0.619. The molecule has 1 aliphatic carbocycles. The van der Waals surface area contributed by atoms with Gasteiger partial charge in [0, 0.05) is 6.04 Å². The SMILES string of the molecule is CCN(C)C1CCCC1O. The highest BCUT2D eigenvalue weighted by molar-refractivity contribution is 4.82. The largest absolute Gasteiger partial charge is 0.391 e. The van der Waals surface area contributed by atoms with Gasteiger partial charge in [-0.2, -0.15) is 0 Å². The van der Waals surface area contributed by atoms with Crippen LogP contribution in [0.1, 0.15) is 26.2 Å². The number of likely N-dealkylation sites (N-methyl/N-ethyl adjacent to an activating group) is 1. The summed E-state index contributed by atoms with van der Waals surface area (Å²) in [4.78, 5) is 2.23. The van der Waals surface area contributed by atoms with E-state index in [0.717, 1.165) is 13.0 Å². The minimum Gasteiger partial charge on any atom is -0.391 e. The average molecular weight is 143 g/mol. The fraction of sp³-hybridized carbons (Fsp3) is 1.00. The van der Waals surface area contributed by atoms with Gasteiger partial charge in [0.1, 0.15) is 0 Å². The van der Waals surface area contributed by atoms with E-state index in [-0.39, 0.29) is 6.10 Å². The summed E-state index contributed by atoms with van der Waals surface area (Å²) in [6, 6.07) is 0.435. The molecule has 0 spiro atoms. The Kier molecular flexibility index (Phi) is 2.69. The van der Waals surface area contributed by atoms with Gasteiger partial charge < -0.3 is 10.0 Å². The van der Waals surface area contributed by atoms with E-state index in [1.54, 1.807) is 0 Å². The van der Waals surface area contributed by atoms with Gasteiger partial charge in [-0.25, -0.2) is 0 Å². The zero-order valence-corrected chi connectivity index (χ0v) is 6.88. The molecular formula is C8H17NO. The lowest BCUT2D eigenvalue weighted by atomic mass is 10.2. The fourth-order valence-electron chi connectivity index (χ4n) is 1.67. The Morgan fingerprint density at radius 1 is 1.50 bits per heavy atom. The Labute approximate surface area is 62.8 Å². The number of aliphatic hydroxyl groups excluding tert-OH is 1. The first-order chi connectivity index (χ1) is 4.75. The molecule has 10 heavy (non-hydrogen) atoms. The first-order valence-electron chi connectivity index (χ1n) is 4.14. The second-order valence-electron chi connectivity index (χ2n) is 3.14. The molecule has 1 rings (SSSR count). The van der Waals surface area contributed by atoms with E-state index in [4.69, 9.17) is 0 Å². The molecule has 0 bridgehead atoms. The predicted molar refractivity (Wildman–Crippen MR) is 41.9 cm³/mol. The highest BCUT2D eigenvalue weighted by atomic mass is 16.3. The van der Waals surface area contributed by atoms with Crippen molar-refractivity contribution >= 4 is 0 Å². The molecule has 2 nitrogen and oxygen atoms in total. The molecule has 0 aromatic heterocycles. The number of aliphatic hydroxyl groups is 1. The first-order valence-corrected chi connectivity index (χ1v) is 4.14. The van der Waals surface area contributed by atoms with Crippen LogP contribution in [0.15, 0.2) is 0 Å². The van der Waals surface area contributed by atoms with Gasteiger partial charge >= 0.3 is 0 Å². The Bertz CT molecular complexity index is 105.